The lowest BCUT2D eigenvalue weighted by Crippen LogP contribution is -2.44. The number of hydrogen-bond donors (Lipinski definition) is 4. The van der Waals surface area contributed by atoms with Crippen molar-refractivity contribution in [1.29, 1.82) is 0 Å². The number of fused-ring (bicyclic) bond motifs is 1. The average molecular weight is 564 g/mol. The zero-order chi connectivity index (χ0) is 27.9. The van der Waals surface area contributed by atoms with Gasteiger partial charge >= 0.3 is 0 Å². The highest BCUT2D eigenvalue weighted by Crippen LogP contribution is 2.46. The number of nitrogens with zero attached hydrogens (tertiary/aromatic N) is 1. The van der Waals surface area contributed by atoms with E-state index in [1.165, 1.54) is 16.1 Å². The number of anilines is 1. The van der Waals surface area contributed by atoms with Gasteiger partial charge in [-0.3, -0.25) is 9.52 Å². The summed E-state index contributed by atoms with van der Waals surface area (Å²) in [5.41, 5.74) is 17.9. The van der Waals surface area contributed by atoms with Crippen LogP contribution in [-0.2, 0) is 6.42 Å². The van der Waals surface area contributed by atoms with Gasteiger partial charge < -0.3 is 26.4 Å². The molecule has 3 aromatic rings. The van der Waals surface area contributed by atoms with Crippen molar-refractivity contribution in [3.63, 3.8) is 0 Å². The zero-order valence-electron chi connectivity index (χ0n) is 22.9. The number of nitrogens with one attached hydrogen (secondary N) is 2. The smallest absolute Gasteiger partial charge is 0.251 e. The molecule has 1 aliphatic heterocycles. The molecule has 0 fully saturated rings. The lowest BCUT2D eigenvalue weighted by atomic mass is 10.0. The number of likely N-dealkylation sites (N-methyl/N-ethyl adjacent to an activating group) is 1. The van der Waals surface area contributed by atoms with Gasteiger partial charge in [-0.25, -0.2) is 0 Å². The molecular weight excluding hydrogens is 526 g/mol. The molecule has 6 N–H and O–H groups in total. The quantitative estimate of drug-likeness (QED) is 0.245. The van der Waals surface area contributed by atoms with Crippen molar-refractivity contribution in [1.82, 2.24) is 10.0 Å². The summed E-state index contributed by atoms with van der Waals surface area (Å²) in [6.07, 6.45) is 0.792. The highest BCUT2D eigenvalue weighted by Gasteiger charge is 2.34. The maximum Gasteiger partial charge on any atom is 0.251 e. The molecule has 4 rings (SSSR count). The van der Waals surface area contributed by atoms with E-state index in [0.717, 1.165) is 33.9 Å². The minimum Gasteiger partial charge on any atom is -0.497 e. The predicted octanol–water partition coefficient (Wildman–Crippen LogP) is 4.87. The SMILES string of the molecule is COc1ccc2c(c1)SC(C(Cc1cccc(C(N)=C(C)C)c1)NSc1cccc(C(=O)NCCN)c1)N2C. The molecule has 0 aliphatic carbocycles. The van der Waals surface area contributed by atoms with Crippen LogP contribution in [0.25, 0.3) is 5.70 Å². The van der Waals surface area contributed by atoms with Crippen molar-refractivity contribution in [2.75, 3.05) is 32.1 Å². The molecule has 2 atom stereocenters. The van der Waals surface area contributed by atoms with Crippen molar-refractivity contribution in [2.24, 2.45) is 11.5 Å². The monoisotopic (exact) mass is 563 g/mol. The van der Waals surface area contributed by atoms with Crippen LogP contribution in [0.4, 0.5) is 5.69 Å². The van der Waals surface area contributed by atoms with Crippen LogP contribution in [0.2, 0.25) is 0 Å². The Morgan fingerprint density at radius 1 is 1.10 bits per heavy atom. The molecule has 0 saturated carbocycles. The third-order valence-electron chi connectivity index (χ3n) is 6.61. The lowest BCUT2D eigenvalue weighted by Gasteiger charge is -2.30. The Bertz CT molecular complexity index is 1340. The second-order valence-corrected chi connectivity index (χ2v) is 11.7. The maximum atomic E-state index is 12.5. The van der Waals surface area contributed by atoms with Crippen molar-refractivity contribution in [2.45, 2.75) is 41.5 Å². The molecule has 7 nitrogen and oxygen atoms in total. The summed E-state index contributed by atoms with van der Waals surface area (Å²) >= 11 is 3.37. The third-order valence-corrected chi connectivity index (χ3v) is 8.98. The number of carbonyl (C=O) groups excluding carboxylic acids is 1. The number of benzene rings is 3. The van der Waals surface area contributed by atoms with Gasteiger partial charge in [0.15, 0.2) is 0 Å². The fraction of sp³-hybridized carbons (Fsp3) is 0.300. The van der Waals surface area contributed by atoms with Gasteiger partial charge in [-0.2, -0.15) is 0 Å². The molecule has 0 saturated heterocycles. The fourth-order valence-electron chi connectivity index (χ4n) is 4.45. The predicted molar refractivity (Wildman–Crippen MR) is 164 cm³/mol. The summed E-state index contributed by atoms with van der Waals surface area (Å²) in [6.45, 7) is 4.92. The van der Waals surface area contributed by atoms with Gasteiger partial charge in [0.25, 0.3) is 5.91 Å². The molecule has 3 aromatic carbocycles. The van der Waals surface area contributed by atoms with Crippen LogP contribution in [0.3, 0.4) is 0 Å². The summed E-state index contributed by atoms with van der Waals surface area (Å²) in [5.74, 6) is 0.729. The summed E-state index contributed by atoms with van der Waals surface area (Å²) in [5, 5.41) is 2.98. The second-order valence-electron chi connectivity index (χ2n) is 9.67. The number of nitrogens with two attached hydrogens (primary N) is 2. The fourth-order valence-corrected chi connectivity index (χ4v) is 6.74. The van der Waals surface area contributed by atoms with Crippen LogP contribution in [0.15, 0.2) is 82.1 Å². The number of amides is 1. The molecule has 206 valence electrons. The van der Waals surface area contributed by atoms with Crippen molar-refractivity contribution in [3.8, 4) is 5.75 Å². The van der Waals surface area contributed by atoms with Crippen LogP contribution >= 0.6 is 23.7 Å². The van der Waals surface area contributed by atoms with Gasteiger partial charge in [0.1, 0.15) is 5.75 Å². The Labute approximate surface area is 239 Å². The van der Waals surface area contributed by atoms with Crippen LogP contribution in [0.5, 0.6) is 5.75 Å². The first-order chi connectivity index (χ1) is 18.8. The Morgan fingerprint density at radius 2 is 1.87 bits per heavy atom. The first kappa shape index (κ1) is 28.9. The van der Waals surface area contributed by atoms with E-state index in [4.69, 9.17) is 16.2 Å². The van der Waals surface area contributed by atoms with E-state index in [9.17, 15) is 4.79 Å². The van der Waals surface area contributed by atoms with E-state index in [0.29, 0.717) is 18.7 Å². The van der Waals surface area contributed by atoms with Gasteiger partial charge in [-0.15, -0.1) is 0 Å². The molecule has 0 aromatic heterocycles. The highest BCUT2D eigenvalue weighted by molar-refractivity contribution is 8.00. The molecule has 39 heavy (non-hydrogen) atoms. The molecule has 1 aliphatic rings. The van der Waals surface area contributed by atoms with Crippen LogP contribution in [0, 0.1) is 0 Å². The Morgan fingerprint density at radius 3 is 2.62 bits per heavy atom. The molecule has 0 radical (unpaired) electrons. The summed E-state index contributed by atoms with van der Waals surface area (Å²) in [7, 11) is 3.83. The van der Waals surface area contributed by atoms with Gasteiger partial charge in [0, 0.05) is 41.2 Å². The third kappa shape index (κ3) is 7.10. The normalized spacial score (nSPS) is 15.0. The van der Waals surface area contributed by atoms with Gasteiger partial charge in [-0.1, -0.05) is 41.6 Å². The van der Waals surface area contributed by atoms with Gasteiger partial charge in [0.05, 0.1) is 24.2 Å². The Balaban J connectivity index is 1.58. The number of thioether (sulfide) groups is 1. The Kier molecular flexibility index (Phi) is 9.85. The minimum atomic E-state index is -0.122. The van der Waals surface area contributed by atoms with E-state index in [1.807, 2.05) is 55.9 Å². The van der Waals surface area contributed by atoms with Crippen LogP contribution in [0.1, 0.15) is 35.3 Å². The van der Waals surface area contributed by atoms with Crippen LogP contribution < -0.4 is 31.1 Å². The highest BCUT2D eigenvalue weighted by atomic mass is 32.2. The summed E-state index contributed by atoms with van der Waals surface area (Å²) in [4.78, 5) is 17.0. The first-order valence-electron chi connectivity index (χ1n) is 12.9. The molecule has 0 spiro atoms. The van der Waals surface area contributed by atoms with Crippen molar-refractivity contribution < 1.29 is 9.53 Å². The standard InChI is InChI=1S/C30H37N5O2S2/c1-19(2)28(32)21-8-5-7-20(15-21)16-25(30-35(3)26-12-11-23(37-4)18-27(26)38-30)34-39-24-10-6-9-22(17-24)29(36)33-14-13-31/h5-12,15,17-18,25,30,34H,13-14,16,31-32H2,1-4H3,(H,33,36). The molecule has 2 unspecified atom stereocenters. The molecule has 1 amide bonds. The first-order valence-corrected chi connectivity index (χ1v) is 14.6. The Hall–Kier alpha value is -3.11. The van der Waals surface area contributed by atoms with Crippen LogP contribution in [-0.4, -0.2) is 44.6 Å². The minimum absolute atomic E-state index is 0.0706. The van der Waals surface area contributed by atoms with Gasteiger partial charge in [0.2, 0.25) is 0 Å². The largest absolute Gasteiger partial charge is 0.497 e. The number of methoxy groups -OCH3 is 1. The van der Waals surface area contributed by atoms with E-state index in [2.05, 4.69) is 58.4 Å². The van der Waals surface area contributed by atoms with Gasteiger partial charge in [-0.05, 0) is 85.8 Å². The zero-order valence-corrected chi connectivity index (χ0v) is 24.5. The average Bonchev–Trinajstić information content (AvgIpc) is 3.28. The number of allylic oxidation sites excluding steroid dienone is 1. The van der Waals surface area contributed by atoms with Crippen molar-refractivity contribution in [3.05, 3.63) is 89.0 Å². The molecule has 9 heteroatoms. The topological polar surface area (TPSA) is 106 Å². The second kappa shape index (κ2) is 13.3. The number of ether oxygens (including phenoxy) is 1. The summed E-state index contributed by atoms with van der Waals surface area (Å²) < 4.78 is 9.20. The van der Waals surface area contributed by atoms with E-state index in [1.54, 1.807) is 19.1 Å². The van der Waals surface area contributed by atoms with E-state index >= 15 is 0 Å². The number of hydrogen-bond acceptors (Lipinski definition) is 8. The number of rotatable bonds is 11. The number of carbonyl (C=O) groups is 1. The molecule has 1 heterocycles. The summed E-state index contributed by atoms with van der Waals surface area (Å²) in [6, 6.07) is 22.4. The maximum absolute atomic E-state index is 12.5. The van der Waals surface area contributed by atoms with E-state index in [-0.39, 0.29) is 17.3 Å². The van der Waals surface area contributed by atoms with E-state index < -0.39 is 0 Å². The van der Waals surface area contributed by atoms with Crippen molar-refractivity contribution >= 4 is 41.0 Å². The molecular formula is C30H37N5O2S2. The lowest BCUT2D eigenvalue weighted by molar-refractivity contribution is 0.0954. The molecule has 0 bridgehead atoms.